The van der Waals surface area contributed by atoms with E-state index in [1.54, 1.807) is 31.4 Å². The maximum Gasteiger partial charge on any atom is 0.255 e. The molecule has 0 aliphatic carbocycles. The maximum absolute atomic E-state index is 11.4. The minimum atomic E-state index is -0.602. The van der Waals surface area contributed by atoms with Crippen molar-refractivity contribution in [3.8, 4) is 5.75 Å². The van der Waals surface area contributed by atoms with Crippen LogP contribution in [0, 0.1) is 0 Å². The van der Waals surface area contributed by atoms with Gasteiger partial charge in [0.1, 0.15) is 11.8 Å². The van der Waals surface area contributed by atoms with Gasteiger partial charge in [-0.25, -0.2) is 0 Å². The Morgan fingerprint density at radius 1 is 1.25 bits per heavy atom. The van der Waals surface area contributed by atoms with Crippen LogP contribution in [0.3, 0.4) is 0 Å². The molecule has 1 rings (SSSR count). The summed E-state index contributed by atoms with van der Waals surface area (Å²) in [4.78, 5) is 22.0. The first-order valence-corrected chi connectivity index (χ1v) is 6.07. The maximum atomic E-state index is 11.4. The van der Waals surface area contributed by atoms with Crippen LogP contribution >= 0.6 is 0 Å². The summed E-state index contributed by atoms with van der Waals surface area (Å²) in [7, 11) is 1.58. The Hall–Kier alpha value is -2.12. The highest BCUT2D eigenvalue weighted by molar-refractivity contribution is 5.81. The van der Waals surface area contributed by atoms with Crippen LogP contribution in [0.5, 0.6) is 5.75 Å². The molecule has 0 radical (unpaired) electrons. The predicted octanol–water partition coefficient (Wildman–Crippen LogP) is -0.687. The molecule has 2 amide bonds. The number of nitrogens with two attached hydrogens (primary N) is 2. The summed E-state index contributed by atoms with van der Waals surface area (Å²) in [6.07, 6.45) is 0. The van der Waals surface area contributed by atoms with Gasteiger partial charge in [-0.2, -0.15) is 0 Å². The molecule has 1 aromatic carbocycles. The van der Waals surface area contributed by atoms with Gasteiger partial charge in [0.15, 0.2) is 6.61 Å². The van der Waals surface area contributed by atoms with Crippen LogP contribution in [0.4, 0.5) is 0 Å². The largest absolute Gasteiger partial charge is 0.484 e. The molecule has 0 spiro atoms. The van der Waals surface area contributed by atoms with Gasteiger partial charge in [0.25, 0.3) is 5.91 Å². The zero-order valence-electron chi connectivity index (χ0n) is 11.3. The summed E-state index contributed by atoms with van der Waals surface area (Å²) in [6, 6.07) is 6.09. The van der Waals surface area contributed by atoms with Crippen molar-refractivity contribution in [1.29, 1.82) is 0 Å². The molecule has 1 unspecified atom stereocenters. The number of hydrogen-bond donors (Lipinski definition) is 3. The summed E-state index contributed by atoms with van der Waals surface area (Å²) in [5, 5.41) is 2.99. The van der Waals surface area contributed by atoms with Crippen molar-refractivity contribution in [3.63, 3.8) is 0 Å². The molecule has 0 aliphatic heterocycles. The summed E-state index contributed by atoms with van der Waals surface area (Å²) in [6.45, 7) is 0.790. The molecule has 1 aromatic rings. The molecule has 20 heavy (non-hydrogen) atoms. The van der Waals surface area contributed by atoms with E-state index in [0.29, 0.717) is 24.5 Å². The molecular formula is C13H19N3O4. The van der Waals surface area contributed by atoms with Crippen LogP contribution in [0.1, 0.15) is 11.6 Å². The number of carbonyl (C=O) groups excluding carboxylic acids is 2. The minimum absolute atomic E-state index is 0.190. The van der Waals surface area contributed by atoms with Crippen LogP contribution in [-0.2, 0) is 14.3 Å². The second kappa shape index (κ2) is 8.13. The Labute approximate surface area is 117 Å². The van der Waals surface area contributed by atoms with Crippen molar-refractivity contribution in [2.24, 2.45) is 11.5 Å². The smallest absolute Gasteiger partial charge is 0.255 e. The lowest BCUT2D eigenvalue weighted by Crippen LogP contribution is -2.35. The molecule has 1 atom stereocenters. The second-order valence-corrected chi connectivity index (χ2v) is 4.11. The molecule has 0 saturated heterocycles. The minimum Gasteiger partial charge on any atom is -0.484 e. The number of hydrogen-bond acceptors (Lipinski definition) is 5. The van der Waals surface area contributed by atoms with Crippen molar-refractivity contribution in [2.45, 2.75) is 6.04 Å². The van der Waals surface area contributed by atoms with Crippen LogP contribution in [-0.4, -0.2) is 38.7 Å². The van der Waals surface area contributed by atoms with Gasteiger partial charge < -0.3 is 20.9 Å². The highest BCUT2D eigenvalue weighted by Crippen LogP contribution is 2.17. The molecule has 5 N–H and O–H groups in total. The first-order chi connectivity index (χ1) is 9.54. The van der Waals surface area contributed by atoms with Crippen LogP contribution in [0.15, 0.2) is 24.3 Å². The van der Waals surface area contributed by atoms with Crippen molar-refractivity contribution in [1.82, 2.24) is 5.32 Å². The van der Waals surface area contributed by atoms with Gasteiger partial charge in [-0.15, -0.1) is 0 Å². The van der Waals surface area contributed by atoms with E-state index >= 15 is 0 Å². The summed E-state index contributed by atoms with van der Waals surface area (Å²) < 4.78 is 10.0. The number of ether oxygens (including phenoxy) is 2. The molecule has 110 valence electrons. The topological polar surface area (TPSA) is 117 Å². The average molecular weight is 281 g/mol. The molecule has 0 fully saturated rings. The lowest BCUT2D eigenvalue weighted by molar-refractivity contribution is -0.120. The highest BCUT2D eigenvalue weighted by atomic mass is 16.5. The number of benzene rings is 1. The van der Waals surface area contributed by atoms with E-state index in [-0.39, 0.29) is 6.61 Å². The van der Waals surface area contributed by atoms with E-state index in [1.165, 1.54) is 0 Å². The van der Waals surface area contributed by atoms with E-state index in [0.717, 1.165) is 0 Å². The highest BCUT2D eigenvalue weighted by Gasteiger charge is 2.16. The molecule has 7 heteroatoms. The zero-order valence-corrected chi connectivity index (χ0v) is 11.3. The monoisotopic (exact) mass is 281 g/mol. The first kappa shape index (κ1) is 15.9. The van der Waals surface area contributed by atoms with E-state index in [9.17, 15) is 9.59 Å². The Morgan fingerprint density at radius 2 is 1.90 bits per heavy atom. The SMILES string of the molecule is COCCNC(C(N)=O)c1ccc(OCC(N)=O)cc1. The Balaban J connectivity index is 2.67. The van der Waals surface area contributed by atoms with Crippen molar-refractivity contribution in [2.75, 3.05) is 26.9 Å². The summed E-state index contributed by atoms with van der Waals surface area (Å²) >= 11 is 0. The van der Waals surface area contributed by atoms with E-state index < -0.39 is 17.9 Å². The van der Waals surface area contributed by atoms with E-state index in [1.807, 2.05) is 0 Å². The van der Waals surface area contributed by atoms with Gasteiger partial charge in [-0.05, 0) is 17.7 Å². The summed E-state index contributed by atoms with van der Waals surface area (Å²) in [5.41, 5.74) is 11.0. The fourth-order valence-corrected chi connectivity index (χ4v) is 1.60. The fourth-order valence-electron chi connectivity index (χ4n) is 1.60. The summed E-state index contributed by atoms with van der Waals surface area (Å²) in [5.74, 6) is -0.537. The van der Waals surface area contributed by atoms with Crippen LogP contribution in [0.2, 0.25) is 0 Å². The van der Waals surface area contributed by atoms with Gasteiger partial charge in [-0.1, -0.05) is 12.1 Å². The quantitative estimate of drug-likeness (QED) is 0.518. The number of methoxy groups -OCH3 is 1. The Kier molecular flexibility index (Phi) is 6.48. The van der Waals surface area contributed by atoms with Gasteiger partial charge >= 0.3 is 0 Å². The van der Waals surface area contributed by atoms with E-state index in [4.69, 9.17) is 20.9 Å². The molecule has 7 nitrogen and oxygen atoms in total. The zero-order chi connectivity index (χ0) is 15.0. The Morgan fingerprint density at radius 3 is 2.40 bits per heavy atom. The molecular weight excluding hydrogens is 262 g/mol. The number of carbonyl (C=O) groups is 2. The third kappa shape index (κ3) is 5.25. The van der Waals surface area contributed by atoms with Crippen LogP contribution in [0.25, 0.3) is 0 Å². The molecule has 0 heterocycles. The van der Waals surface area contributed by atoms with Crippen molar-refractivity contribution < 1.29 is 19.1 Å². The van der Waals surface area contributed by atoms with Gasteiger partial charge in [-0.3, -0.25) is 14.9 Å². The fraction of sp³-hybridized carbons (Fsp3) is 0.385. The third-order valence-corrected chi connectivity index (χ3v) is 2.53. The standard InChI is InChI=1S/C13H19N3O4/c1-19-7-6-16-12(13(15)18)9-2-4-10(5-3-9)20-8-11(14)17/h2-5,12,16H,6-8H2,1H3,(H2,14,17)(H2,15,18). The molecule has 0 bridgehead atoms. The van der Waals surface area contributed by atoms with Crippen LogP contribution < -0.4 is 21.5 Å². The Bertz CT molecular complexity index is 447. The van der Waals surface area contributed by atoms with Crippen molar-refractivity contribution >= 4 is 11.8 Å². The average Bonchev–Trinajstić information content (AvgIpc) is 2.42. The number of amides is 2. The number of primary amides is 2. The number of nitrogens with one attached hydrogen (secondary N) is 1. The molecule has 0 aromatic heterocycles. The van der Waals surface area contributed by atoms with Gasteiger partial charge in [0, 0.05) is 13.7 Å². The first-order valence-electron chi connectivity index (χ1n) is 6.07. The molecule has 0 aliphatic rings. The number of rotatable bonds is 9. The molecule has 0 saturated carbocycles. The second-order valence-electron chi connectivity index (χ2n) is 4.11. The van der Waals surface area contributed by atoms with Gasteiger partial charge in [0.2, 0.25) is 5.91 Å². The lowest BCUT2D eigenvalue weighted by atomic mass is 10.1. The van der Waals surface area contributed by atoms with Crippen molar-refractivity contribution in [3.05, 3.63) is 29.8 Å². The third-order valence-electron chi connectivity index (χ3n) is 2.53. The van der Waals surface area contributed by atoms with E-state index in [2.05, 4.69) is 5.32 Å². The predicted molar refractivity (Wildman–Crippen MR) is 72.9 cm³/mol. The normalized spacial score (nSPS) is 11.8. The van der Waals surface area contributed by atoms with Gasteiger partial charge in [0.05, 0.1) is 6.61 Å². The lowest BCUT2D eigenvalue weighted by Gasteiger charge is -2.16.